The number of aromatic nitrogens is 1. The highest BCUT2D eigenvalue weighted by Gasteiger charge is 2.16. The second-order valence-electron chi connectivity index (χ2n) is 7.19. The number of nitrogens with one attached hydrogen (secondary N) is 1. The summed E-state index contributed by atoms with van der Waals surface area (Å²) in [6, 6.07) is 11.0. The summed E-state index contributed by atoms with van der Waals surface area (Å²) in [7, 11) is 1.61. The van der Waals surface area contributed by atoms with Crippen LogP contribution in [0.15, 0.2) is 35.7 Å². The summed E-state index contributed by atoms with van der Waals surface area (Å²) in [6.45, 7) is 2.10. The summed E-state index contributed by atoms with van der Waals surface area (Å²) in [5, 5.41) is 6.97. The van der Waals surface area contributed by atoms with E-state index < -0.39 is 0 Å². The minimum absolute atomic E-state index is 0.533. The lowest BCUT2D eigenvalue weighted by atomic mass is 9.84. The highest BCUT2D eigenvalue weighted by Crippen LogP contribution is 2.35. The van der Waals surface area contributed by atoms with Gasteiger partial charge in [-0.2, -0.15) is 0 Å². The van der Waals surface area contributed by atoms with Crippen molar-refractivity contribution in [2.45, 2.75) is 44.9 Å². The van der Waals surface area contributed by atoms with Gasteiger partial charge in [0.15, 0.2) is 5.13 Å². The standard InChI is InChI=1S/C22H24N2OS3/c1-14-18(12-20(28-14)21(26)25-2)19-13-27-22(24-19)23-17-10-8-16(9-11-17)15-6-4-3-5-7-15/h8-13,15H,3-7H2,1-2H3,(H,23,24). The molecule has 0 atom stereocenters. The van der Waals surface area contributed by atoms with Crippen LogP contribution in [0.4, 0.5) is 10.8 Å². The van der Waals surface area contributed by atoms with E-state index in [0.29, 0.717) is 5.05 Å². The zero-order valence-corrected chi connectivity index (χ0v) is 18.6. The Morgan fingerprint density at radius 2 is 1.93 bits per heavy atom. The molecule has 0 spiro atoms. The average Bonchev–Trinajstić information content (AvgIpc) is 3.35. The predicted molar refractivity (Wildman–Crippen MR) is 124 cm³/mol. The number of thiocarbonyl (C=S) groups is 1. The molecule has 2 aromatic heterocycles. The number of hydrogen-bond acceptors (Lipinski definition) is 6. The molecule has 146 valence electrons. The van der Waals surface area contributed by atoms with Crippen molar-refractivity contribution in [2.24, 2.45) is 0 Å². The normalized spacial score (nSPS) is 14.8. The quantitative estimate of drug-likeness (QED) is 0.433. The number of anilines is 2. The largest absolute Gasteiger partial charge is 0.486 e. The van der Waals surface area contributed by atoms with Gasteiger partial charge in [-0.05, 0) is 61.7 Å². The Morgan fingerprint density at radius 1 is 1.18 bits per heavy atom. The number of methoxy groups -OCH3 is 1. The molecule has 0 aliphatic heterocycles. The van der Waals surface area contributed by atoms with Crippen molar-refractivity contribution in [3.63, 3.8) is 0 Å². The average molecular weight is 429 g/mol. The van der Waals surface area contributed by atoms with E-state index in [1.54, 1.807) is 29.8 Å². The van der Waals surface area contributed by atoms with Crippen LogP contribution in [-0.4, -0.2) is 17.1 Å². The second-order valence-corrected chi connectivity index (χ2v) is 9.68. The van der Waals surface area contributed by atoms with Crippen LogP contribution in [-0.2, 0) is 4.74 Å². The van der Waals surface area contributed by atoms with Gasteiger partial charge >= 0.3 is 0 Å². The Labute approximate surface area is 179 Å². The van der Waals surface area contributed by atoms with Crippen molar-refractivity contribution >= 4 is 50.8 Å². The molecular weight excluding hydrogens is 404 g/mol. The third kappa shape index (κ3) is 4.29. The first-order valence-electron chi connectivity index (χ1n) is 9.65. The van der Waals surface area contributed by atoms with E-state index in [2.05, 4.69) is 48.0 Å². The summed E-state index contributed by atoms with van der Waals surface area (Å²) >= 11 is 8.52. The fourth-order valence-electron chi connectivity index (χ4n) is 3.79. The molecule has 1 aliphatic rings. The smallest absolute Gasteiger partial charge is 0.201 e. The molecule has 3 nitrogen and oxygen atoms in total. The topological polar surface area (TPSA) is 34.1 Å². The van der Waals surface area contributed by atoms with Crippen LogP contribution in [0.2, 0.25) is 0 Å². The van der Waals surface area contributed by atoms with Crippen LogP contribution in [0.25, 0.3) is 11.3 Å². The molecule has 2 heterocycles. The first-order valence-corrected chi connectivity index (χ1v) is 11.8. The van der Waals surface area contributed by atoms with E-state index in [-0.39, 0.29) is 0 Å². The molecule has 0 amide bonds. The maximum absolute atomic E-state index is 5.25. The molecule has 3 aromatic rings. The molecule has 6 heteroatoms. The Kier molecular flexibility index (Phi) is 6.09. The fourth-order valence-corrected chi connectivity index (χ4v) is 5.65. The lowest BCUT2D eigenvalue weighted by molar-refractivity contribution is 0.417. The Balaban J connectivity index is 1.46. The number of hydrogen-bond donors (Lipinski definition) is 1. The fraction of sp³-hybridized carbons (Fsp3) is 0.364. The van der Waals surface area contributed by atoms with E-state index in [9.17, 15) is 0 Å². The predicted octanol–water partition coefficient (Wildman–Crippen LogP) is 7.29. The molecular formula is C22H24N2OS3. The van der Waals surface area contributed by atoms with Crippen LogP contribution < -0.4 is 5.32 Å². The molecule has 0 bridgehead atoms. The molecule has 28 heavy (non-hydrogen) atoms. The summed E-state index contributed by atoms with van der Waals surface area (Å²) in [6.07, 6.45) is 6.79. The number of thiophene rings is 1. The van der Waals surface area contributed by atoms with Gasteiger partial charge < -0.3 is 10.1 Å². The monoisotopic (exact) mass is 428 g/mol. The van der Waals surface area contributed by atoms with Gasteiger partial charge in [0.1, 0.15) is 0 Å². The van der Waals surface area contributed by atoms with Crippen molar-refractivity contribution in [3.05, 3.63) is 51.0 Å². The third-order valence-corrected chi connectivity index (χ3v) is 7.65. The molecule has 0 unspecified atom stereocenters. The number of benzene rings is 1. The first-order chi connectivity index (χ1) is 13.6. The van der Waals surface area contributed by atoms with Crippen molar-refractivity contribution in [3.8, 4) is 11.3 Å². The van der Waals surface area contributed by atoms with E-state index in [1.165, 1.54) is 42.5 Å². The van der Waals surface area contributed by atoms with Gasteiger partial charge in [-0.3, -0.25) is 0 Å². The number of thiazole rings is 1. The molecule has 1 aromatic carbocycles. The Bertz CT molecular complexity index is 953. The molecule has 1 aliphatic carbocycles. The zero-order valence-electron chi connectivity index (χ0n) is 16.2. The molecule has 0 radical (unpaired) electrons. The lowest BCUT2D eigenvalue weighted by Gasteiger charge is -2.22. The van der Waals surface area contributed by atoms with Crippen molar-refractivity contribution < 1.29 is 4.74 Å². The molecule has 0 saturated heterocycles. The van der Waals surface area contributed by atoms with Crippen molar-refractivity contribution in [2.75, 3.05) is 12.4 Å². The maximum atomic E-state index is 5.25. The minimum Gasteiger partial charge on any atom is -0.486 e. The van der Waals surface area contributed by atoms with E-state index >= 15 is 0 Å². The summed E-state index contributed by atoms with van der Waals surface area (Å²) < 4.78 is 5.19. The van der Waals surface area contributed by atoms with Gasteiger partial charge in [-0.1, -0.05) is 31.4 Å². The van der Waals surface area contributed by atoms with Crippen LogP contribution in [0.5, 0.6) is 0 Å². The van der Waals surface area contributed by atoms with E-state index in [4.69, 9.17) is 21.9 Å². The summed E-state index contributed by atoms with van der Waals surface area (Å²) in [5.41, 5.74) is 4.66. The van der Waals surface area contributed by atoms with Gasteiger partial charge in [0, 0.05) is 21.5 Å². The molecule has 1 saturated carbocycles. The molecule has 1 fully saturated rings. The lowest BCUT2D eigenvalue weighted by Crippen LogP contribution is -2.04. The van der Waals surface area contributed by atoms with Crippen LogP contribution in [0.1, 0.15) is 53.3 Å². The second kappa shape index (κ2) is 8.72. The maximum Gasteiger partial charge on any atom is 0.201 e. The first kappa shape index (κ1) is 19.6. The van der Waals surface area contributed by atoms with E-state index in [1.807, 2.05) is 0 Å². The minimum atomic E-state index is 0.533. The summed E-state index contributed by atoms with van der Waals surface area (Å²) in [5.74, 6) is 0.739. The van der Waals surface area contributed by atoms with Gasteiger partial charge in [0.25, 0.3) is 0 Å². The van der Waals surface area contributed by atoms with Gasteiger partial charge in [0.05, 0.1) is 17.7 Å². The SMILES string of the molecule is COC(=S)c1cc(-c2csc(Nc3ccc(C4CCCCC4)cc3)n2)c(C)s1. The Morgan fingerprint density at radius 3 is 2.64 bits per heavy atom. The molecule has 1 N–H and O–H groups in total. The summed E-state index contributed by atoms with van der Waals surface area (Å²) in [4.78, 5) is 6.95. The van der Waals surface area contributed by atoms with Gasteiger partial charge in [0.2, 0.25) is 5.05 Å². The number of rotatable bonds is 5. The third-order valence-electron chi connectivity index (χ3n) is 5.32. The van der Waals surface area contributed by atoms with Crippen LogP contribution >= 0.6 is 34.9 Å². The van der Waals surface area contributed by atoms with Crippen molar-refractivity contribution in [1.82, 2.24) is 4.98 Å². The number of nitrogens with zero attached hydrogens (tertiary/aromatic N) is 1. The zero-order chi connectivity index (χ0) is 19.5. The van der Waals surface area contributed by atoms with Crippen LogP contribution in [0, 0.1) is 6.92 Å². The molecule has 4 rings (SSSR count). The van der Waals surface area contributed by atoms with Gasteiger partial charge in [-0.15, -0.1) is 22.7 Å². The highest BCUT2D eigenvalue weighted by molar-refractivity contribution is 7.80. The van der Waals surface area contributed by atoms with E-state index in [0.717, 1.165) is 32.9 Å². The highest BCUT2D eigenvalue weighted by atomic mass is 32.1. The number of ether oxygens (including phenoxy) is 1. The van der Waals surface area contributed by atoms with Crippen molar-refractivity contribution in [1.29, 1.82) is 0 Å². The van der Waals surface area contributed by atoms with Crippen LogP contribution in [0.3, 0.4) is 0 Å². The van der Waals surface area contributed by atoms with Gasteiger partial charge in [-0.25, -0.2) is 4.98 Å². The Hall–Kier alpha value is -1.76. The number of aryl methyl sites for hydroxylation is 1.